The normalized spacial score (nSPS) is 20.2. The predicted octanol–water partition coefficient (Wildman–Crippen LogP) is 2.70. The number of fused-ring (bicyclic) bond motifs is 1. The lowest BCUT2D eigenvalue weighted by molar-refractivity contribution is -0.126. The van der Waals surface area contributed by atoms with E-state index in [2.05, 4.69) is 5.32 Å². The van der Waals surface area contributed by atoms with Crippen LogP contribution in [0.5, 0.6) is 11.5 Å². The highest BCUT2D eigenvalue weighted by Crippen LogP contribution is 2.37. The fourth-order valence-corrected chi connectivity index (χ4v) is 4.10. The predicted molar refractivity (Wildman–Crippen MR) is 111 cm³/mol. The lowest BCUT2D eigenvalue weighted by Gasteiger charge is -2.26. The first-order chi connectivity index (χ1) is 14.6. The molecule has 2 aliphatic rings. The Morgan fingerprint density at radius 2 is 2.03 bits per heavy atom. The fourth-order valence-electron chi connectivity index (χ4n) is 4.10. The molecule has 1 fully saturated rings. The number of carbonyl (C=O) groups is 2. The number of nitrogens with zero attached hydrogens (tertiary/aromatic N) is 1. The molecule has 2 aliphatic heterocycles. The topological polar surface area (TPSA) is 77.1 Å². The summed E-state index contributed by atoms with van der Waals surface area (Å²) in [4.78, 5) is 27.9. The van der Waals surface area contributed by atoms with E-state index in [9.17, 15) is 9.59 Å². The van der Waals surface area contributed by atoms with E-state index in [0.29, 0.717) is 23.6 Å². The SMILES string of the molecule is COc1ccc(CN2C(=O)c3ccccc3[C@H]2C(=O)NC[C@H]2CCCO2)c(OC)c1. The van der Waals surface area contributed by atoms with Gasteiger partial charge in [0.05, 0.1) is 26.9 Å². The molecule has 7 nitrogen and oxygen atoms in total. The lowest BCUT2D eigenvalue weighted by atomic mass is 10.0. The second kappa shape index (κ2) is 8.75. The van der Waals surface area contributed by atoms with Crippen LogP contribution in [0, 0.1) is 0 Å². The molecule has 0 bridgehead atoms. The van der Waals surface area contributed by atoms with Gasteiger partial charge in [0.15, 0.2) is 0 Å². The maximum Gasteiger partial charge on any atom is 0.255 e. The van der Waals surface area contributed by atoms with Gasteiger partial charge in [0.2, 0.25) is 5.91 Å². The van der Waals surface area contributed by atoms with E-state index in [1.165, 1.54) is 0 Å². The average molecular weight is 410 g/mol. The van der Waals surface area contributed by atoms with E-state index < -0.39 is 6.04 Å². The Kier molecular flexibility index (Phi) is 5.90. The van der Waals surface area contributed by atoms with E-state index in [1.807, 2.05) is 30.3 Å². The zero-order valence-electron chi connectivity index (χ0n) is 17.2. The summed E-state index contributed by atoms with van der Waals surface area (Å²) in [7, 11) is 3.16. The number of carbonyl (C=O) groups excluding carboxylic acids is 2. The van der Waals surface area contributed by atoms with Crippen molar-refractivity contribution < 1.29 is 23.8 Å². The molecule has 4 rings (SSSR count). The summed E-state index contributed by atoms with van der Waals surface area (Å²) >= 11 is 0. The van der Waals surface area contributed by atoms with Crippen LogP contribution in [-0.2, 0) is 16.1 Å². The van der Waals surface area contributed by atoms with Gasteiger partial charge in [-0.3, -0.25) is 9.59 Å². The van der Waals surface area contributed by atoms with Gasteiger partial charge in [0, 0.05) is 30.3 Å². The largest absolute Gasteiger partial charge is 0.497 e. The van der Waals surface area contributed by atoms with Crippen molar-refractivity contribution in [2.75, 3.05) is 27.4 Å². The van der Waals surface area contributed by atoms with Crippen LogP contribution in [0.2, 0.25) is 0 Å². The number of hydrogen-bond acceptors (Lipinski definition) is 5. The zero-order chi connectivity index (χ0) is 21.1. The summed E-state index contributed by atoms with van der Waals surface area (Å²) in [6, 6.07) is 12.0. The molecule has 0 saturated carbocycles. The van der Waals surface area contributed by atoms with Crippen molar-refractivity contribution in [1.82, 2.24) is 10.2 Å². The van der Waals surface area contributed by atoms with E-state index in [4.69, 9.17) is 14.2 Å². The molecular weight excluding hydrogens is 384 g/mol. The summed E-state index contributed by atoms with van der Waals surface area (Å²) in [5.74, 6) is 0.908. The summed E-state index contributed by atoms with van der Waals surface area (Å²) in [6.45, 7) is 1.43. The maximum absolute atomic E-state index is 13.2. The Bertz CT molecular complexity index is 939. The first-order valence-electron chi connectivity index (χ1n) is 10.1. The monoisotopic (exact) mass is 410 g/mol. The van der Waals surface area contributed by atoms with Crippen molar-refractivity contribution in [2.24, 2.45) is 0 Å². The Morgan fingerprint density at radius 1 is 1.20 bits per heavy atom. The van der Waals surface area contributed by atoms with E-state index >= 15 is 0 Å². The van der Waals surface area contributed by atoms with Gasteiger partial charge in [-0.2, -0.15) is 0 Å². The highest BCUT2D eigenvalue weighted by atomic mass is 16.5. The number of benzene rings is 2. The molecule has 0 aromatic heterocycles. The molecule has 0 radical (unpaired) electrons. The third kappa shape index (κ3) is 3.85. The van der Waals surface area contributed by atoms with Crippen LogP contribution in [0.1, 0.15) is 40.4 Å². The standard InChI is InChI=1S/C23H26N2O5/c1-28-16-10-9-15(20(12-16)29-2)14-25-21(18-7-3-4-8-19(18)23(25)27)22(26)24-13-17-6-5-11-30-17/h3-4,7-10,12,17,21H,5-6,11,13-14H2,1-2H3,(H,24,26)/t17-,21+/m1/s1. The quantitative estimate of drug-likeness (QED) is 0.760. The molecule has 30 heavy (non-hydrogen) atoms. The first-order valence-corrected chi connectivity index (χ1v) is 10.1. The molecule has 2 aromatic carbocycles. The molecule has 1 saturated heterocycles. The van der Waals surface area contributed by atoms with Gasteiger partial charge in [0.25, 0.3) is 5.91 Å². The van der Waals surface area contributed by atoms with E-state index in [0.717, 1.165) is 30.6 Å². The molecule has 0 aliphatic carbocycles. The molecule has 1 N–H and O–H groups in total. The number of rotatable bonds is 7. The number of methoxy groups -OCH3 is 2. The third-order valence-electron chi connectivity index (χ3n) is 5.67. The summed E-state index contributed by atoms with van der Waals surface area (Å²) < 4.78 is 16.4. The number of amides is 2. The van der Waals surface area contributed by atoms with Gasteiger partial charge in [-0.1, -0.05) is 18.2 Å². The van der Waals surface area contributed by atoms with Crippen molar-refractivity contribution in [3.8, 4) is 11.5 Å². The molecule has 0 spiro atoms. The second-order valence-electron chi connectivity index (χ2n) is 7.48. The summed E-state index contributed by atoms with van der Waals surface area (Å²) in [5, 5.41) is 2.98. The van der Waals surface area contributed by atoms with Gasteiger partial charge in [-0.25, -0.2) is 0 Å². The fraction of sp³-hybridized carbons (Fsp3) is 0.391. The smallest absolute Gasteiger partial charge is 0.255 e. The Hall–Kier alpha value is -3.06. The zero-order valence-corrected chi connectivity index (χ0v) is 17.2. The molecule has 0 unspecified atom stereocenters. The molecule has 2 amide bonds. The van der Waals surface area contributed by atoms with Gasteiger partial charge < -0.3 is 24.4 Å². The van der Waals surface area contributed by atoms with Crippen molar-refractivity contribution in [3.05, 3.63) is 59.2 Å². The summed E-state index contributed by atoms with van der Waals surface area (Å²) in [5.41, 5.74) is 2.08. The van der Waals surface area contributed by atoms with Crippen LogP contribution in [-0.4, -0.2) is 50.2 Å². The molecular formula is C23H26N2O5. The van der Waals surface area contributed by atoms with Gasteiger partial charge >= 0.3 is 0 Å². The maximum atomic E-state index is 13.2. The number of nitrogens with one attached hydrogen (secondary N) is 1. The van der Waals surface area contributed by atoms with Crippen LogP contribution in [0.15, 0.2) is 42.5 Å². The van der Waals surface area contributed by atoms with Gasteiger partial charge in [-0.05, 0) is 36.6 Å². The van der Waals surface area contributed by atoms with Gasteiger partial charge in [-0.15, -0.1) is 0 Å². The van der Waals surface area contributed by atoms with Crippen LogP contribution >= 0.6 is 0 Å². The van der Waals surface area contributed by atoms with Crippen LogP contribution in [0.3, 0.4) is 0 Å². The van der Waals surface area contributed by atoms with Crippen molar-refractivity contribution >= 4 is 11.8 Å². The van der Waals surface area contributed by atoms with E-state index in [-0.39, 0.29) is 24.5 Å². The Morgan fingerprint density at radius 3 is 2.77 bits per heavy atom. The molecule has 7 heteroatoms. The Balaban J connectivity index is 1.60. The number of hydrogen-bond donors (Lipinski definition) is 1. The van der Waals surface area contributed by atoms with Crippen LogP contribution < -0.4 is 14.8 Å². The van der Waals surface area contributed by atoms with Crippen molar-refractivity contribution in [3.63, 3.8) is 0 Å². The Labute approximate surface area is 175 Å². The minimum absolute atomic E-state index is 0.0384. The second-order valence-corrected chi connectivity index (χ2v) is 7.48. The highest BCUT2D eigenvalue weighted by molar-refractivity contribution is 6.04. The van der Waals surface area contributed by atoms with Gasteiger partial charge in [0.1, 0.15) is 17.5 Å². The minimum Gasteiger partial charge on any atom is -0.497 e. The number of ether oxygens (including phenoxy) is 3. The molecule has 2 aromatic rings. The van der Waals surface area contributed by atoms with Crippen LogP contribution in [0.25, 0.3) is 0 Å². The molecule has 2 heterocycles. The lowest BCUT2D eigenvalue weighted by Crippen LogP contribution is -2.41. The third-order valence-corrected chi connectivity index (χ3v) is 5.67. The first kappa shape index (κ1) is 20.2. The average Bonchev–Trinajstić information content (AvgIpc) is 3.39. The van der Waals surface area contributed by atoms with Crippen molar-refractivity contribution in [1.29, 1.82) is 0 Å². The highest BCUT2D eigenvalue weighted by Gasteiger charge is 2.41. The minimum atomic E-state index is -0.693. The van der Waals surface area contributed by atoms with E-state index in [1.54, 1.807) is 31.3 Å². The molecule has 158 valence electrons. The molecule has 2 atom stereocenters. The van der Waals surface area contributed by atoms with Crippen LogP contribution in [0.4, 0.5) is 0 Å². The summed E-state index contributed by atoms with van der Waals surface area (Å²) in [6.07, 6.45) is 1.98. The van der Waals surface area contributed by atoms with Crippen molar-refractivity contribution in [2.45, 2.75) is 31.5 Å².